The van der Waals surface area contributed by atoms with Crippen LogP contribution in [-0.4, -0.2) is 54.7 Å². The van der Waals surface area contributed by atoms with Crippen molar-refractivity contribution in [1.82, 2.24) is 15.2 Å². The molecule has 1 atom stereocenters. The third-order valence-corrected chi connectivity index (χ3v) is 5.58. The number of amides is 1. The van der Waals surface area contributed by atoms with Crippen LogP contribution >= 0.6 is 22.7 Å². The second-order valence-electron chi connectivity index (χ2n) is 5.22. The molecule has 0 spiro atoms. The molecule has 1 aliphatic rings. The minimum Gasteiger partial charge on any atom is -0.379 e. The zero-order valence-electron chi connectivity index (χ0n) is 12.4. The van der Waals surface area contributed by atoms with Gasteiger partial charge in [0.05, 0.1) is 18.1 Å². The smallest absolute Gasteiger partial charge is 0.270 e. The molecule has 1 N–H and O–H groups in total. The minimum atomic E-state index is -0.0980. The number of aromatic nitrogens is 1. The average Bonchev–Trinajstić information content (AvgIpc) is 3.23. The number of thiophene rings is 1. The third kappa shape index (κ3) is 3.73. The lowest BCUT2D eigenvalue weighted by atomic mass is 10.2. The van der Waals surface area contributed by atoms with Crippen LogP contribution in [0.1, 0.15) is 17.4 Å². The molecular formula is C15H19N3O2S2. The molecule has 2 aromatic rings. The monoisotopic (exact) mass is 337 g/mol. The Bertz CT molecular complexity index is 606. The zero-order chi connectivity index (χ0) is 15.4. The van der Waals surface area contributed by atoms with E-state index in [9.17, 15) is 4.79 Å². The Morgan fingerprint density at radius 3 is 3.00 bits per heavy atom. The van der Waals surface area contributed by atoms with Crippen LogP contribution in [-0.2, 0) is 4.74 Å². The van der Waals surface area contributed by atoms with E-state index < -0.39 is 0 Å². The molecule has 7 heteroatoms. The predicted molar refractivity (Wildman–Crippen MR) is 89.6 cm³/mol. The van der Waals surface area contributed by atoms with Gasteiger partial charge in [-0.25, -0.2) is 4.98 Å². The first-order valence-corrected chi connectivity index (χ1v) is 9.09. The fraction of sp³-hybridized carbons (Fsp3) is 0.467. The maximum Gasteiger partial charge on any atom is 0.270 e. The van der Waals surface area contributed by atoms with Gasteiger partial charge in [-0.1, -0.05) is 6.07 Å². The topological polar surface area (TPSA) is 54.5 Å². The highest BCUT2D eigenvalue weighted by Gasteiger charge is 2.18. The summed E-state index contributed by atoms with van der Waals surface area (Å²) in [6, 6.07) is 4.32. The van der Waals surface area contributed by atoms with Crippen LogP contribution in [0.15, 0.2) is 22.9 Å². The van der Waals surface area contributed by atoms with Crippen LogP contribution in [0.25, 0.3) is 9.88 Å². The van der Waals surface area contributed by atoms with Crippen LogP contribution in [0.5, 0.6) is 0 Å². The first-order chi connectivity index (χ1) is 10.7. The normalized spacial score (nSPS) is 17.3. The number of carbonyl (C=O) groups excluding carboxylic acids is 1. The van der Waals surface area contributed by atoms with E-state index in [0.717, 1.165) is 36.2 Å². The number of hydrogen-bond donors (Lipinski definition) is 1. The van der Waals surface area contributed by atoms with Crippen molar-refractivity contribution in [3.63, 3.8) is 0 Å². The van der Waals surface area contributed by atoms with Crippen molar-refractivity contribution in [1.29, 1.82) is 0 Å². The van der Waals surface area contributed by atoms with Gasteiger partial charge in [0.2, 0.25) is 0 Å². The van der Waals surface area contributed by atoms with E-state index in [2.05, 4.69) is 22.1 Å². The molecule has 2 aromatic heterocycles. The molecule has 0 bridgehead atoms. The summed E-state index contributed by atoms with van der Waals surface area (Å²) < 4.78 is 5.35. The van der Waals surface area contributed by atoms with Crippen LogP contribution in [0.3, 0.4) is 0 Å². The van der Waals surface area contributed by atoms with E-state index in [-0.39, 0.29) is 5.91 Å². The van der Waals surface area contributed by atoms with Gasteiger partial charge < -0.3 is 10.1 Å². The maximum absolute atomic E-state index is 12.2. The number of hydrogen-bond acceptors (Lipinski definition) is 6. The summed E-state index contributed by atoms with van der Waals surface area (Å²) >= 11 is 3.15. The van der Waals surface area contributed by atoms with Gasteiger partial charge in [-0.15, -0.1) is 22.7 Å². The van der Waals surface area contributed by atoms with Crippen molar-refractivity contribution in [3.05, 3.63) is 28.6 Å². The average molecular weight is 337 g/mol. The number of nitrogens with zero attached hydrogens (tertiary/aromatic N) is 2. The molecule has 0 aromatic carbocycles. The molecule has 0 saturated carbocycles. The van der Waals surface area contributed by atoms with Gasteiger partial charge >= 0.3 is 0 Å². The largest absolute Gasteiger partial charge is 0.379 e. The highest BCUT2D eigenvalue weighted by molar-refractivity contribution is 7.20. The Labute approximate surface area is 137 Å². The van der Waals surface area contributed by atoms with Crippen LogP contribution < -0.4 is 5.32 Å². The van der Waals surface area contributed by atoms with Gasteiger partial charge in [-0.05, 0) is 18.4 Å². The van der Waals surface area contributed by atoms with Crippen molar-refractivity contribution in [2.24, 2.45) is 0 Å². The van der Waals surface area contributed by atoms with Crippen molar-refractivity contribution < 1.29 is 9.53 Å². The summed E-state index contributed by atoms with van der Waals surface area (Å²) in [5.74, 6) is -0.0980. The Morgan fingerprint density at radius 2 is 2.27 bits per heavy atom. The van der Waals surface area contributed by atoms with Gasteiger partial charge in [-0.2, -0.15) is 0 Å². The fourth-order valence-corrected chi connectivity index (χ4v) is 3.98. The lowest BCUT2D eigenvalue weighted by Gasteiger charge is -2.32. The zero-order valence-corrected chi connectivity index (χ0v) is 14.1. The second kappa shape index (κ2) is 7.32. The SMILES string of the molecule is CC(CNC(=O)c1csc(-c2cccs2)n1)N1CCOCC1. The first-order valence-electron chi connectivity index (χ1n) is 7.33. The molecule has 0 radical (unpaired) electrons. The molecule has 1 aliphatic heterocycles. The number of rotatable bonds is 5. The highest BCUT2D eigenvalue weighted by Crippen LogP contribution is 2.27. The van der Waals surface area contributed by atoms with Crippen LogP contribution in [0.2, 0.25) is 0 Å². The standard InChI is InChI=1S/C15H19N3O2S2/c1-11(18-4-6-20-7-5-18)9-16-14(19)12-10-22-15(17-12)13-3-2-8-21-13/h2-3,8,10-11H,4-7,9H2,1H3,(H,16,19). The molecule has 1 amide bonds. The Morgan fingerprint density at radius 1 is 1.45 bits per heavy atom. The number of ether oxygens (including phenoxy) is 1. The molecular weight excluding hydrogens is 318 g/mol. The molecule has 1 unspecified atom stereocenters. The Kier molecular flexibility index (Phi) is 5.20. The highest BCUT2D eigenvalue weighted by atomic mass is 32.1. The third-order valence-electron chi connectivity index (χ3n) is 3.70. The Balaban J connectivity index is 1.53. The number of morpholine rings is 1. The molecule has 5 nitrogen and oxygen atoms in total. The number of thiazole rings is 1. The van der Waals surface area contributed by atoms with Crippen LogP contribution in [0, 0.1) is 0 Å². The number of carbonyl (C=O) groups is 1. The lowest BCUT2D eigenvalue weighted by molar-refractivity contribution is 0.0204. The lowest BCUT2D eigenvalue weighted by Crippen LogP contribution is -2.47. The van der Waals surface area contributed by atoms with Gasteiger partial charge in [0.15, 0.2) is 0 Å². The molecule has 1 fully saturated rings. The van der Waals surface area contributed by atoms with Gasteiger partial charge in [0, 0.05) is 31.1 Å². The summed E-state index contributed by atoms with van der Waals surface area (Å²) in [7, 11) is 0. The summed E-state index contributed by atoms with van der Waals surface area (Å²) in [5.41, 5.74) is 0.502. The van der Waals surface area contributed by atoms with E-state index in [1.807, 2.05) is 22.9 Å². The fourth-order valence-electron chi connectivity index (χ4n) is 2.37. The summed E-state index contributed by atoms with van der Waals surface area (Å²) in [5, 5.41) is 7.72. The maximum atomic E-state index is 12.2. The van der Waals surface area contributed by atoms with E-state index in [4.69, 9.17) is 4.74 Å². The summed E-state index contributed by atoms with van der Waals surface area (Å²) in [4.78, 5) is 20.1. The molecule has 3 rings (SSSR count). The minimum absolute atomic E-state index is 0.0980. The van der Waals surface area contributed by atoms with Gasteiger partial charge in [0.1, 0.15) is 10.7 Å². The summed E-state index contributed by atoms with van der Waals surface area (Å²) in [6.45, 7) is 6.16. The molecule has 22 heavy (non-hydrogen) atoms. The molecule has 1 saturated heterocycles. The summed E-state index contributed by atoms with van der Waals surface area (Å²) in [6.07, 6.45) is 0. The van der Waals surface area contributed by atoms with E-state index in [1.54, 1.807) is 11.3 Å². The van der Waals surface area contributed by atoms with Crippen molar-refractivity contribution >= 4 is 28.6 Å². The van der Waals surface area contributed by atoms with Gasteiger partial charge in [-0.3, -0.25) is 9.69 Å². The van der Waals surface area contributed by atoms with Gasteiger partial charge in [0.25, 0.3) is 5.91 Å². The number of nitrogens with one attached hydrogen (secondary N) is 1. The first kappa shape index (κ1) is 15.6. The van der Waals surface area contributed by atoms with E-state index >= 15 is 0 Å². The van der Waals surface area contributed by atoms with Crippen molar-refractivity contribution in [2.75, 3.05) is 32.8 Å². The quantitative estimate of drug-likeness (QED) is 0.910. The van der Waals surface area contributed by atoms with E-state index in [0.29, 0.717) is 18.3 Å². The molecule has 0 aliphatic carbocycles. The Hall–Kier alpha value is -1.28. The van der Waals surface area contributed by atoms with Crippen molar-refractivity contribution in [2.45, 2.75) is 13.0 Å². The predicted octanol–water partition coefficient (Wildman–Crippen LogP) is 2.32. The molecule has 3 heterocycles. The molecule has 118 valence electrons. The second-order valence-corrected chi connectivity index (χ2v) is 7.03. The van der Waals surface area contributed by atoms with Crippen LogP contribution in [0.4, 0.5) is 0 Å². The van der Waals surface area contributed by atoms with E-state index in [1.165, 1.54) is 11.3 Å². The van der Waals surface area contributed by atoms with Crippen molar-refractivity contribution in [3.8, 4) is 9.88 Å².